The molecule has 0 aliphatic carbocycles. The van der Waals surface area contributed by atoms with Gasteiger partial charge in [-0.3, -0.25) is 9.89 Å². The first kappa shape index (κ1) is 11.4. The molecule has 0 bridgehead atoms. The number of aromatic amines is 1. The van der Waals surface area contributed by atoms with Crippen molar-refractivity contribution in [2.75, 3.05) is 5.32 Å². The van der Waals surface area contributed by atoms with Crippen molar-refractivity contribution in [3.05, 3.63) is 35.7 Å². The lowest BCUT2D eigenvalue weighted by molar-refractivity contribution is -0.114. The van der Waals surface area contributed by atoms with Gasteiger partial charge in [0.25, 0.3) is 0 Å². The second-order valence-electron chi connectivity index (χ2n) is 4.07. The van der Waals surface area contributed by atoms with E-state index in [-0.39, 0.29) is 5.91 Å². The SMILES string of the molecule is CC(=O)Nc1ccc(-c2c(C)n[nH]c2C)cc1. The van der Waals surface area contributed by atoms with Crippen LogP contribution in [0.2, 0.25) is 0 Å². The van der Waals surface area contributed by atoms with E-state index >= 15 is 0 Å². The summed E-state index contributed by atoms with van der Waals surface area (Å²) in [6, 6.07) is 7.75. The van der Waals surface area contributed by atoms with Crippen LogP contribution >= 0.6 is 0 Å². The van der Waals surface area contributed by atoms with Gasteiger partial charge in [0.05, 0.1) is 5.69 Å². The Morgan fingerprint density at radius 1 is 1.24 bits per heavy atom. The molecule has 1 heterocycles. The van der Waals surface area contributed by atoms with Crippen LogP contribution in [0.4, 0.5) is 5.69 Å². The predicted octanol–water partition coefficient (Wildman–Crippen LogP) is 2.65. The largest absolute Gasteiger partial charge is 0.326 e. The molecule has 0 atom stereocenters. The van der Waals surface area contributed by atoms with E-state index < -0.39 is 0 Å². The molecule has 1 aromatic carbocycles. The smallest absolute Gasteiger partial charge is 0.221 e. The molecule has 2 N–H and O–H groups in total. The number of nitrogens with one attached hydrogen (secondary N) is 2. The highest BCUT2D eigenvalue weighted by Crippen LogP contribution is 2.26. The Hall–Kier alpha value is -2.10. The average molecular weight is 229 g/mol. The highest BCUT2D eigenvalue weighted by Gasteiger charge is 2.08. The topological polar surface area (TPSA) is 57.8 Å². The molecule has 0 saturated carbocycles. The van der Waals surface area contributed by atoms with Gasteiger partial charge in [-0.15, -0.1) is 0 Å². The maximum atomic E-state index is 10.9. The Bertz CT molecular complexity index is 521. The van der Waals surface area contributed by atoms with Gasteiger partial charge in [-0.1, -0.05) is 12.1 Å². The third-order valence-corrected chi connectivity index (χ3v) is 2.62. The van der Waals surface area contributed by atoms with E-state index in [2.05, 4.69) is 15.5 Å². The van der Waals surface area contributed by atoms with Crippen LogP contribution in [0.1, 0.15) is 18.3 Å². The number of amides is 1. The van der Waals surface area contributed by atoms with Gasteiger partial charge < -0.3 is 5.32 Å². The molecule has 0 aliphatic rings. The van der Waals surface area contributed by atoms with E-state index in [1.807, 2.05) is 38.1 Å². The molecule has 0 fully saturated rings. The Morgan fingerprint density at radius 3 is 2.35 bits per heavy atom. The van der Waals surface area contributed by atoms with Gasteiger partial charge >= 0.3 is 0 Å². The van der Waals surface area contributed by atoms with Crippen LogP contribution in [0.5, 0.6) is 0 Å². The first-order chi connectivity index (χ1) is 8.08. The first-order valence-electron chi connectivity index (χ1n) is 5.47. The monoisotopic (exact) mass is 229 g/mol. The fourth-order valence-electron chi connectivity index (χ4n) is 1.90. The molecular formula is C13H15N3O. The van der Waals surface area contributed by atoms with Gasteiger partial charge in [-0.2, -0.15) is 5.10 Å². The van der Waals surface area contributed by atoms with Gasteiger partial charge in [0.2, 0.25) is 5.91 Å². The number of H-pyrrole nitrogens is 1. The highest BCUT2D eigenvalue weighted by molar-refractivity contribution is 5.89. The summed E-state index contributed by atoms with van der Waals surface area (Å²) in [6.07, 6.45) is 0. The second-order valence-corrected chi connectivity index (χ2v) is 4.07. The van der Waals surface area contributed by atoms with Crippen molar-refractivity contribution < 1.29 is 4.79 Å². The highest BCUT2D eigenvalue weighted by atomic mass is 16.1. The summed E-state index contributed by atoms with van der Waals surface area (Å²) < 4.78 is 0. The lowest BCUT2D eigenvalue weighted by Gasteiger charge is -2.05. The quantitative estimate of drug-likeness (QED) is 0.831. The van der Waals surface area contributed by atoms with Crippen molar-refractivity contribution in [2.24, 2.45) is 0 Å². The third kappa shape index (κ3) is 2.36. The van der Waals surface area contributed by atoms with Crippen molar-refractivity contribution in [3.8, 4) is 11.1 Å². The van der Waals surface area contributed by atoms with Crippen LogP contribution in [-0.2, 0) is 4.79 Å². The second kappa shape index (κ2) is 4.41. The molecule has 2 aromatic rings. The Morgan fingerprint density at radius 2 is 1.88 bits per heavy atom. The summed E-state index contributed by atoms with van der Waals surface area (Å²) in [5.41, 5.74) is 5.06. The lowest BCUT2D eigenvalue weighted by atomic mass is 10.0. The van der Waals surface area contributed by atoms with Crippen LogP contribution < -0.4 is 5.32 Å². The molecular weight excluding hydrogens is 214 g/mol. The molecule has 0 spiro atoms. The van der Waals surface area contributed by atoms with Crippen molar-refractivity contribution in [1.29, 1.82) is 0 Å². The fraction of sp³-hybridized carbons (Fsp3) is 0.231. The fourth-order valence-corrected chi connectivity index (χ4v) is 1.90. The van der Waals surface area contributed by atoms with E-state index in [9.17, 15) is 4.79 Å². The van der Waals surface area contributed by atoms with E-state index in [0.717, 1.165) is 28.2 Å². The van der Waals surface area contributed by atoms with Crippen molar-refractivity contribution in [2.45, 2.75) is 20.8 Å². The molecule has 0 radical (unpaired) electrons. The summed E-state index contributed by atoms with van der Waals surface area (Å²) in [7, 11) is 0. The Kier molecular flexibility index (Phi) is 2.95. The summed E-state index contributed by atoms with van der Waals surface area (Å²) in [6.45, 7) is 5.47. The summed E-state index contributed by atoms with van der Waals surface area (Å²) >= 11 is 0. The van der Waals surface area contributed by atoms with Crippen molar-refractivity contribution in [1.82, 2.24) is 10.2 Å². The number of nitrogens with zero attached hydrogens (tertiary/aromatic N) is 1. The molecule has 4 heteroatoms. The standard InChI is InChI=1S/C13H15N3O/c1-8-13(9(2)16-15-8)11-4-6-12(7-5-11)14-10(3)17/h4-7H,1-3H3,(H,14,17)(H,15,16). The Labute approximate surface area is 100 Å². The summed E-state index contributed by atoms with van der Waals surface area (Å²) in [4.78, 5) is 10.9. The predicted molar refractivity (Wildman–Crippen MR) is 67.8 cm³/mol. The number of aryl methyl sites for hydroxylation is 2. The van der Waals surface area contributed by atoms with Gasteiger partial charge in [0.1, 0.15) is 0 Å². The minimum Gasteiger partial charge on any atom is -0.326 e. The third-order valence-electron chi connectivity index (χ3n) is 2.62. The van der Waals surface area contributed by atoms with Gasteiger partial charge in [-0.25, -0.2) is 0 Å². The zero-order valence-corrected chi connectivity index (χ0v) is 10.2. The minimum absolute atomic E-state index is 0.0616. The van der Waals surface area contributed by atoms with E-state index in [4.69, 9.17) is 0 Å². The number of carbonyl (C=O) groups is 1. The number of benzene rings is 1. The number of carbonyl (C=O) groups excluding carboxylic acids is 1. The van der Waals surface area contributed by atoms with Crippen LogP contribution in [0.25, 0.3) is 11.1 Å². The average Bonchev–Trinajstić information content (AvgIpc) is 2.59. The van der Waals surface area contributed by atoms with Gasteiger partial charge in [-0.05, 0) is 31.5 Å². The maximum Gasteiger partial charge on any atom is 0.221 e. The number of rotatable bonds is 2. The maximum absolute atomic E-state index is 10.9. The van der Waals surface area contributed by atoms with Crippen LogP contribution in [0.3, 0.4) is 0 Å². The number of aromatic nitrogens is 2. The Balaban J connectivity index is 2.33. The normalized spacial score (nSPS) is 10.3. The molecule has 17 heavy (non-hydrogen) atoms. The molecule has 0 aliphatic heterocycles. The number of hydrogen-bond acceptors (Lipinski definition) is 2. The van der Waals surface area contributed by atoms with Crippen LogP contribution in [0, 0.1) is 13.8 Å². The zero-order chi connectivity index (χ0) is 12.4. The number of anilines is 1. The zero-order valence-electron chi connectivity index (χ0n) is 10.2. The first-order valence-corrected chi connectivity index (χ1v) is 5.47. The van der Waals surface area contributed by atoms with Crippen molar-refractivity contribution >= 4 is 11.6 Å². The van der Waals surface area contributed by atoms with E-state index in [1.165, 1.54) is 6.92 Å². The van der Waals surface area contributed by atoms with Gasteiger partial charge in [0, 0.05) is 23.9 Å². The molecule has 2 rings (SSSR count). The van der Waals surface area contributed by atoms with Crippen LogP contribution in [-0.4, -0.2) is 16.1 Å². The molecule has 1 aromatic heterocycles. The number of hydrogen-bond donors (Lipinski definition) is 2. The molecule has 4 nitrogen and oxygen atoms in total. The molecule has 0 unspecified atom stereocenters. The lowest BCUT2D eigenvalue weighted by Crippen LogP contribution is -2.05. The molecule has 1 amide bonds. The molecule has 88 valence electrons. The summed E-state index contributed by atoms with van der Waals surface area (Å²) in [5, 5.41) is 9.88. The minimum atomic E-state index is -0.0616. The van der Waals surface area contributed by atoms with Crippen LogP contribution in [0.15, 0.2) is 24.3 Å². The summed E-state index contributed by atoms with van der Waals surface area (Å²) in [5.74, 6) is -0.0616. The molecule has 0 saturated heterocycles. The van der Waals surface area contributed by atoms with E-state index in [0.29, 0.717) is 0 Å². The van der Waals surface area contributed by atoms with E-state index in [1.54, 1.807) is 0 Å². The van der Waals surface area contributed by atoms with Crippen molar-refractivity contribution in [3.63, 3.8) is 0 Å². The van der Waals surface area contributed by atoms with Gasteiger partial charge in [0.15, 0.2) is 0 Å².